The van der Waals surface area contributed by atoms with Gasteiger partial charge < -0.3 is 11.1 Å². The summed E-state index contributed by atoms with van der Waals surface area (Å²) in [6.07, 6.45) is 1.16. The van der Waals surface area contributed by atoms with Gasteiger partial charge in [0.15, 0.2) is 0 Å². The Kier molecular flexibility index (Phi) is 4.22. The van der Waals surface area contributed by atoms with Crippen molar-refractivity contribution in [3.05, 3.63) is 0 Å². The molecule has 6 nitrogen and oxygen atoms in total. The molecular formula is C11H19N3O3. The van der Waals surface area contributed by atoms with Crippen LogP contribution in [0.2, 0.25) is 0 Å². The minimum atomic E-state index is -0.614. The molecule has 0 aromatic rings. The summed E-state index contributed by atoms with van der Waals surface area (Å²) in [6.45, 7) is 3.97. The van der Waals surface area contributed by atoms with Gasteiger partial charge in [0.1, 0.15) is 6.04 Å². The van der Waals surface area contributed by atoms with E-state index in [0.29, 0.717) is 19.4 Å². The highest BCUT2D eigenvalue weighted by atomic mass is 16.2. The van der Waals surface area contributed by atoms with Gasteiger partial charge in [-0.15, -0.1) is 0 Å². The summed E-state index contributed by atoms with van der Waals surface area (Å²) in [4.78, 5) is 34.3. The normalized spacial score (nSPS) is 21.0. The second-order valence-electron chi connectivity index (χ2n) is 4.90. The molecule has 0 radical (unpaired) electrons. The average Bonchev–Trinajstić information content (AvgIpc) is 2.22. The summed E-state index contributed by atoms with van der Waals surface area (Å²) in [5.74, 6) is -0.933. The Hall–Kier alpha value is -1.43. The van der Waals surface area contributed by atoms with Crippen LogP contribution in [0.3, 0.4) is 0 Å². The quantitative estimate of drug-likeness (QED) is 0.565. The van der Waals surface area contributed by atoms with Crippen LogP contribution in [0, 0.1) is 5.41 Å². The van der Waals surface area contributed by atoms with Crippen LogP contribution in [0.5, 0.6) is 0 Å². The molecule has 1 heterocycles. The second kappa shape index (κ2) is 5.27. The largest absolute Gasteiger partial charge is 0.344 e. The zero-order valence-electron chi connectivity index (χ0n) is 10.2. The summed E-state index contributed by atoms with van der Waals surface area (Å²) in [5, 5.41) is 4.86. The molecule has 6 heteroatoms. The zero-order chi connectivity index (χ0) is 13.1. The van der Waals surface area contributed by atoms with Gasteiger partial charge in [-0.2, -0.15) is 0 Å². The minimum absolute atomic E-state index is 0.211. The number of piperidine rings is 1. The Morgan fingerprint density at radius 3 is 2.71 bits per heavy atom. The fraction of sp³-hybridized carbons (Fsp3) is 0.727. The topological polar surface area (TPSA) is 101 Å². The molecular weight excluding hydrogens is 222 g/mol. The molecule has 17 heavy (non-hydrogen) atoms. The predicted molar refractivity (Wildman–Crippen MR) is 61.8 cm³/mol. The minimum Gasteiger partial charge on any atom is -0.344 e. The van der Waals surface area contributed by atoms with Crippen molar-refractivity contribution >= 4 is 17.7 Å². The van der Waals surface area contributed by atoms with Crippen molar-refractivity contribution in [3.63, 3.8) is 0 Å². The van der Waals surface area contributed by atoms with E-state index in [1.807, 2.05) is 0 Å². The van der Waals surface area contributed by atoms with Crippen molar-refractivity contribution in [1.29, 1.82) is 0 Å². The van der Waals surface area contributed by atoms with E-state index in [9.17, 15) is 14.4 Å². The van der Waals surface area contributed by atoms with Gasteiger partial charge in [-0.05, 0) is 19.4 Å². The van der Waals surface area contributed by atoms with Crippen LogP contribution < -0.4 is 16.4 Å². The van der Waals surface area contributed by atoms with E-state index < -0.39 is 17.4 Å². The van der Waals surface area contributed by atoms with Gasteiger partial charge in [0, 0.05) is 11.8 Å². The standard InChI is InChI=1S/C11H19N3O3/c1-11(2,5-6-12)10(17)13-7-3-4-8(15)14-9(7)16/h7H,3-6,12H2,1-2H3,(H,13,17)(H,14,15,16). The molecule has 1 aliphatic heterocycles. The number of nitrogens with two attached hydrogens (primary N) is 1. The number of nitrogens with one attached hydrogen (secondary N) is 2. The molecule has 1 rings (SSSR count). The van der Waals surface area contributed by atoms with Gasteiger partial charge >= 0.3 is 0 Å². The van der Waals surface area contributed by atoms with Crippen molar-refractivity contribution in [2.24, 2.45) is 11.1 Å². The van der Waals surface area contributed by atoms with Crippen LogP contribution in [0.25, 0.3) is 0 Å². The third-order valence-electron chi connectivity index (χ3n) is 2.93. The predicted octanol–water partition coefficient (Wildman–Crippen LogP) is -0.717. The maximum absolute atomic E-state index is 11.9. The number of carbonyl (C=O) groups is 3. The van der Waals surface area contributed by atoms with Crippen molar-refractivity contribution in [2.45, 2.75) is 39.2 Å². The molecule has 0 saturated carbocycles. The Bertz CT molecular complexity index is 339. The number of carbonyl (C=O) groups excluding carboxylic acids is 3. The molecule has 3 amide bonds. The van der Waals surface area contributed by atoms with Gasteiger partial charge in [-0.3, -0.25) is 19.7 Å². The molecule has 0 aliphatic carbocycles. The van der Waals surface area contributed by atoms with E-state index >= 15 is 0 Å². The lowest BCUT2D eigenvalue weighted by Crippen LogP contribution is -2.54. The number of imide groups is 1. The van der Waals surface area contributed by atoms with Gasteiger partial charge in [-0.1, -0.05) is 13.8 Å². The van der Waals surface area contributed by atoms with Crippen LogP contribution in [-0.2, 0) is 14.4 Å². The molecule has 0 bridgehead atoms. The maximum atomic E-state index is 11.9. The number of hydrogen-bond donors (Lipinski definition) is 3. The summed E-state index contributed by atoms with van der Waals surface area (Å²) in [7, 11) is 0. The zero-order valence-corrected chi connectivity index (χ0v) is 10.2. The molecule has 0 aromatic heterocycles. The number of hydrogen-bond acceptors (Lipinski definition) is 4. The average molecular weight is 241 g/mol. The Balaban J connectivity index is 2.57. The van der Waals surface area contributed by atoms with Crippen LogP contribution in [0.15, 0.2) is 0 Å². The third kappa shape index (κ3) is 3.52. The summed E-state index contributed by atoms with van der Waals surface area (Å²) >= 11 is 0. The van der Waals surface area contributed by atoms with Crippen molar-refractivity contribution in [3.8, 4) is 0 Å². The van der Waals surface area contributed by atoms with Crippen molar-refractivity contribution in [1.82, 2.24) is 10.6 Å². The van der Waals surface area contributed by atoms with Crippen molar-refractivity contribution < 1.29 is 14.4 Å². The summed E-state index contributed by atoms with van der Waals surface area (Å²) < 4.78 is 0. The summed E-state index contributed by atoms with van der Waals surface area (Å²) in [5.41, 5.74) is 4.83. The number of amides is 3. The van der Waals surface area contributed by atoms with E-state index in [1.54, 1.807) is 13.8 Å². The molecule has 1 unspecified atom stereocenters. The van der Waals surface area contributed by atoms with Crippen LogP contribution >= 0.6 is 0 Å². The van der Waals surface area contributed by atoms with Crippen LogP contribution in [-0.4, -0.2) is 30.3 Å². The third-order valence-corrected chi connectivity index (χ3v) is 2.93. The highest BCUT2D eigenvalue weighted by Gasteiger charge is 2.33. The Morgan fingerprint density at radius 1 is 1.53 bits per heavy atom. The molecule has 1 saturated heterocycles. The van der Waals surface area contributed by atoms with E-state index in [0.717, 1.165) is 0 Å². The lowest BCUT2D eigenvalue weighted by Gasteiger charge is -2.28. The highest BCUT2D eigenvalue weighted by molar-refractivity contribution is 6.01. The molecule has 1 aliphatic rings. The fourth-order valence-electron chi connectivity index (χ4n) is 1.66. The number of rotatable bonds is 4. The monoisotopic (exact) mass is 241 g/mol. The Labute approximate surface area is 100 Å². The maximum Gasteiger partial charge on any atom is 0.249 e. The smallest absolute Gasteiger partial charge is 0.249 e. The van der Waals surface area contributed by atoms with Gasteiger partial charge in [0.2, 0.25) is 17.7 Å². The first-order chi connectivity index (χ1) is 7.86. The first kappa shape index (κ1) is 13.6. The first-order valence-electron chi connectivity index (χ1n) is 5.71. The highest BCUT2D eigenvalue weighted by Crippen LogP contribution is 2.20. The second-order valence-corrected chi connectivity index (χ2v) is 4.90. The molecule has 4 N–H and O–H groups in total. The van der Waals surface area contributed by atoms with Gasteiger partial charge in [-0.25, -0.2) is 0 Å². The molecule has 96 valence electrons. The van der Waals surface area contributed by atoms with E-state index in [4.69, 9.17) is 5.73 Å². The van der Waals surface area contributed by atoms with Gasteiger partial charge in [0.25, 0.3) is 0 Å². The first-order valence-corrected chi connectivity index (χ1v) is 5.71. The molecule has 0 aromatic carbocycles. The van der Waals surface area contributed by atoms with Gasteiger partial charge in [0.05, 0.1) is 0 Å². The lowest BCUT2D eigenvalue weighted by molar-refractivity contribution is -0.139. The lowest BCUT2D eigenvalue weighted by atomic mass is 9.87. The Morgan fingerprint density at radius 2 is 2.18 bits per heavy atom. The molecule has 1 fully saturated rings. The van der Waals surface area contributed by atoms with E-state index in [1.165, 1.54) is 0 Å². The van der Waals surface area contributed by atoms with E-state index in [-0.39, 0.29) is 18.2 Å². The van der Waals surface area contributed by atoms with E-state index in [2.05, 4.69) is 10.6 Å². The van der Waals surface area contributed by atoms with Crippen LogP contribution in [0.1, 0.15) is 33.1 Å². The SMILES string of the molecule is CC(C)(CCN)C(=O)NC1CCC(=O)NC1=O. The fourth-order valence-corrected chi connectivity index (χ4v) is 1.66. The van der Waals surface area contributed by atoms with Crippen LogP contribution in [0.4, 0.5) is 0 Å². The molecule has 0 spiro atoms. The summed E-state index contributed by atoms with van der Waals surface area (Å²) in [6, 6.07) is -0.614. The van der Waals surface area contributed by atoms with Crippen molar-refractivity contribution in [2.75, 3.05) is 6.54 Å². The molecule has 1 atom stereocenters.